The van der Waals surface area contributed by atoms with E-state index in [-0.39, 0.29) is 42.1 Å². The van der Waals surface area contributed by atoms with Crippen LogP contribution in [0, 0.1) is 0 Å². The first-order valence-electron chi connectivity index (χ1n) is 3.03. The molecule has 0 bridgehead atoms. The minimum atomic E-state index is -1.08. The summed E-state index contributed by atoms with van der Waals surface area (Å²) in [4.78, 5) is 20.7. The number of benzene rings is 1. The fraction of sp³-hybridized carbons (Fsp3) is 0. The van der Waals surface area contributed by atoms with E-state index >= 15 is 0 Å². The van der Waals surface area contributed by atoms with Crippen LogP contribution >= 0.6 is 0 Å². The molecule has 1 aromatic carbocycles. The van der Waals surface area contributed by atoms with Crippen LogP contribution in [0.4, 0.5) is 0 Å². The van der Waals surface area contributed by atoms with Crippen LogP contribution in [0.2, 0.25) is 0 Å². The molecule has 0 heterocycles. The SMILES string of the molecule is O=Cc1ccccc1C(=O)O.[H-].[Na+]. The summed E-state index contributed by atoms with van der Waals surface area (Å²) >= 11 is 0. The Balaban J connectivity index is 0. The first-order chi connectivity index (χ1) is 5.25. The van der Waals surface area contributed by atoms with Crippen molar-refractivity contribution in [1.29, 1.82) is 0 Å². The van der Waals surface area contributed by atoms with E-state index in [1.807, 2.05) is 0 Å². The van der Waals surface area contributed by atoms with Crippen molar-refractivity contribution in [2.45, 2.75) is 0 Å². The molecule has 0 aliphatic carbocycles. The molecule has 0 saturated heterocycles. The number of hydrogen-bond acceptors (Lipinski definition) is 2. The second-order valence-electron chi connectivity index (χ2n) is 2.01. The molecular formula is C8H7NaO3. The number of aldehydes is 1. The van der Waals surface area contributed by atoms with E-state index in [0.29, 0.717) is 6.29 Å². The molecular weight excluding hydrogens is 167 g/mol. The summed E-state index contributed by atoms with van der Waals surface area (Å²) in [6.07, 6.45) is 0.531. The van der Waals surface area contributed by atoms with Gasteiger partial charge in [0.1, 0.15) is 0 Å². The second-order valence-corrected chi connectivity index (χ2v) is 2.01. The molecule has 0 aliphatic rings. The van der Waals surface area contributed by atoms with E-state index in [0.717, 1.165) is 0 Å². The standard InChI is InChI=1S/C8H6O3.Na.H/c9-5-6-3-1-2-4-7(6)8(10)11;;/h1-5H,(H,10,11);;/q;+1;-1. The van der Waals surface area contributed by atoms with E-state index in [1.54, 1.807) is 12.1 Å². The monoisotopic (exact) mass is 174 g/mol. The van der Waals surface area contributed by atoms with Gasteiger partial charge in [0.15, 0.2) is 6.29 Å². The maximum atomic E-state index is 10.4. The van der Waals surface area contributed by atoms with Gasteiger partial charge in [-0.25, -0.2) is 4.79 Å². The van der Waals surface area contributed by atoms with Crippen LogP contribution in [-0.2, 0) is 0 Å². The Kier molecular flexibility index (Phi) is 4.81. The maximum absolute atomic E-state index is 10.4. The van der Waals surface area contributed by atoms with Gasteiger partial charge in [0, 0.05) is 5.56 Å². The Hall–Kier alpha value is -0.640. The number of aromatic carboxylic acids is 1. The predicted molar refractivity (Wildman–Crippen MR) is 39.9 cm³/mol. The van der Waals surface area contributed by atoms with Crippen LogP contribution in [-0.4, -0.2) is 17.4 Å². The molecule has 0 atom stereocenters. The zero-order valence-corrected chi connectivity index (χ0v) is 8.65. The molecule has 0 unspecified atom stereocenters. The number of rotatable bonds is 2. The Morgan fingerprint density at radius 1 is 1.42 bits per heavy atom. The summed E-state index contributed by atoms with van der Waals surface area (Å²) < 4.78 is 0. The largest absolute Gasteiger partial charge is 1.00 e. The van der Waals surface area contributed by atoms with Gasteiger partial charge in [-0.2, -0.15) is 0 Å². The summed E-state index contributed by atoms with van der Waals surface area (Å²) in [7, 11) is 0. The maximum Gasteiger partial charge on any atom is 1.00 e. The number of carbonyl (C=O) groups is 2. The quantitative estimate of drug-likeness (QED) is 0.430. The van der Waals surface area contributed by atoms with Crippen molar-refractivity contribution in [3.05, 3.63) is 35.4 Å². The van der Waals surface area contributed by atoms with Gasteiger partial charge in [0.2, 0.25) is 0 Å². The average Bonchev–Trinajstić information content (AvgIpc) is 2.04. The fourth-order valence-electron chi connectivity index (χ4n) is 0.795. The van der Waals surface area contributed by atoms with E-state index in [2.05, 4.69) is 0 Å². The third-order valence-corrected chi connectivity index (χ3v) is 1.32. The third kappa shape index (κ3) is 2.44. The minimum Gasteiger partial charge on any atom is -1.00 e. The minimum absolute atomic E-state index is 0. The predicted octanol–water partition coefficient (Wildman–Crippen LogP) is -1.69. The van der Waals surface area contributed by atoms with Crippen LogP contribution in [0.25, 0.3) is 0 Å². The smallest absolute Gasteiger partial charge is 1.00 e. The summed E-state index contributed by atoms with van der Waals surface area (Å²) in [6, 6.07) is 6.06. The van der Waals surface area contributed by atoms with Gasteiger partial charge in [0.05, 0.1) is 5.56 Å². The van der Waals surface area contributed by atoms with Gasteiger partial charge < -0.3 is 6.53 Å². The molecule has 4 heteroatoms. The van der Waals surface area contributed by atoms with Gasteiger partial charge in [-0.1, -0.05) is 18.2 Å². The first kappa shape index (κ1) is 11.4. The number of carbonyl (C=O) groups excluding carboxylic acids is 1. The summed E-state index contributed by atoms with van der Waals surface area (Å²) in [5.74, 6) is -1.08. The van der Waals surface area contributed by atoms with Crippen LogP contribution in [0.3, 0.4) is 0 Å². The van der Waals surface area contributed by atoms with Crippen LogP contribution < -0.4 is 29.6 Å². The molecule has 0 radical (unpaired) electrons. The first-order valence-corrected chi connectivity index (χ1v) is 3.03. The molecule has 1 N–H and O–H groups in total. The summed E-state index contributed by atoms with van der Waals surface area (Å²) in [5, 5.41) is 8.54. The fourth-order valence-corrected chi connectivity index (χ4v) is 0.795. The summed E-state index contributed by atoms with van der Waals surface area (Å²) in [6.45, 7) is 0. The van der Waals surface area contributed by atoms with Crippen molar-refractivity contribution in [2.75, 3.05) is 0 Å². The normalized spacial score (nSPS) is 8.33. The molecule has 0 fully saturated rings. The van der Waals surface area contributed by atoms with Crippen molar-refractivity contribution < 1.29 is 45.7 Å². The zero-order valence-electron chi connectivity index (χ0n) is 7.65. The molecule has 0 amide bonds. The molecule has 0 spiro atoms. The Morgan fingerprint density at radius 3 is 2.42 bits per heavy atom. The number of carboxylic acids is 1. The van der Waals surface area contributed by atoms with Crippen LogP contribution in [0.1, 0.15) is 22.1 Å². The number of carboxylic acid groups (broad SMARTS) is 1. The van der Waals surface area contributed by atoms with Gasteiger partial charge in [-0.3, -0.25) is 4.79 Å². The van der Waals surface area contributed by atoms with Crippen molar-refractivity contribution in [2.24, 2.45) is 0 Å². The molecule has 0 aliphatic heterocycles. The van der Waals surface area contributed by atoms with Crippen molar-refractivity contribution >= 4 is 12.3 Å². The van der Waals surface area contributed by atoms with E-state index in [4.69, 9.17) is 5.11 Å². The molecule has 3 nitrogen and oxygen atoms in total. The van der Waals surface area contributed by atoms with Crippen molar-refractivity contribution in [3.8, 4) is 0 Å². The second kappa shape index (κ2) is 5.09. The third-order valence-electron chi connectivity index (χ3n) is 1.32. The van der Waals surface area contributed by atoms with E-state index in [1.165, 1.54) is 12.1 Å². The zero-order chi connectivity index (χ0) is 8.27. The van der Waals surface area contributed by atoms with Crippen molar-refractivity contribution in [1.82, 2.24) is 0 Å². The van der Waals surface area contributed by atoms with Crippen molar-refractivity contribution in [3.63, 3.8) is 0 Å². The van der Waals surface area contributed by atoms with Crippen LogP contribution in [0.15, 0.2) is 24.3 Å². The van der Waals surface area contributed by atoms with E-state index in [9.17, 15) is 9.59 Å². The molecule has 12 heavy (non-hydrogen) atoms. The topological polar surface area (TPSA) is 54.4 Å². The van der Waals surface area contributed by atoms with Gasteiger partial charge in [0.25, 0.3) is 0 Å². The molecule has 1 aromatic rings. The Bertz CT molecular complexity index is 301. The van der Waals surface area contributed by atoms with Gasteiger partial charge in [-0.05, 0) is 6.07 Å². The average molecular weight is 174 g/mol. The Labute approximate surface area is 93.2 Å². The summed E-state index contributed by atoms with van der Waals surface area (Å²) in [5.41, 5.74) is 0.252. The Morgan fingerprint density at radius 2 is 2.00 bits per heavy atom. The molecule has 0 saturated carbocycles. The van der Waals surface area contributed by atoms with E-state index < -0.39 is 5.97 Å². The number of hydrogen-bond donors (Lipinski definition) is 1. The van der Waals surface area contributed by atoms with Crippen LogP contribution in [0.5, 0.6) is 0 Å². The molecule has 0 aromatic heterocycles. The van der Waals surface area contributed by atoms with Gasteiger partial charge >= 0.3 is 35.5 Å². The molecule has 1 rings (SSSR count). The van der Waals surface area contributed by atoms with Gasteiger partial charge in [-0.15, -0.1) is 0 Å². The molecule has 58 valence electrons.